The lowest BCUT2D eigenvalue weighted by Crippen LogP contribution is -2.16. The topological polar surface area (TPSA) is 84.2 Å². The number of hydrogen-bond donors (Lipinski definition) is 2. The molecule has 2 aromatic rings. The highest BCUT2D eigenvalue weighted by atomic mass is 19.1. The molecule has 6 nitrogen and oxygen atoms in total. The summed E-state index contributed by atoms with van der Waals surface area (Å²) in [6.07, 6.45) is 5.00. The fourth-order valence-corrected chi connectivity index (χ4v) is 1.67. The Bertz CT molecular complexity index is 722. The summed E-state index contributed by atoms with van der Waals surface area (Å²) in [7, 11) is 1.65. The van der Waals surface area contributed by atoms with Gasteiger partial charge < -0.3 is 15.0 Å². The number of amides is 1. The van der Waals surface area contributed by atoms with Crippen molar-refractivity contribution in [2.75, 3.05) is 5.32 Å². The smallest absolute Gasteiger partial charge is 0.328 e. The Labute approximate surface area is 119 Å². The number of aromatic nitrogens is 2. The number of carboxylic acid groups (broad SMARTS) is 1. The summed E-state index contributed by atoms with van der Waals surface area (Å²) in [5.41, 5.74) is 0.686. The van der Waals surface area contributed by atoms with Crippen LogP contribution in [-0.2, 0) is 11.8 Å². The highest BCUT2D eigenvalue weighted by Gasteiger charge is 2.12. The number of carbonyl (C=O) groups is 2. The number of carboxylic acids is 1. The molecule has 0 atom stereocenters. The van der Waals surface area contributed by atoms with Crippen LogP contribution in [0.4, 0.5) is 10.1 Å². The van der Waals surface area contributed by atoms with E-state index in [-0.39, 0.29) is 5.69 Å². The summed E-state index contributed by atoms with van der Waals surface area (Å²) in [5.74, 6) is -2.26. The number of benzene rings is 1. The SMILES string of the molecule is Cn1cncc1C(=O)Nc1ccc(/C=C/C(=O)O)cc1F. The van der Waals surface area contributed by atoms with Crippen molar-refractivity contribution >= 4 is 23.6 Å². The fraction of sp³-hybridized carbons (Fsp3) is 0.0714. The van der Waals surface area contributed by atoms with Crippen molar-refractivity contribution < 1.29 is 19.1 Å². The van der Waals surface area contributed by atoms with E-state index in [0.717, 1.165) is 12.1 Å². The van der Waals surface area contributed by atoms with E-state index >= 15 is 0 Å². The Balaban J connectivity index is 2.16. The maximum Gasteiger partial charge on any atom is 0.328 e. The first kappa shape index (κ1) is 14.4. The molecular formula is C14H12FN3O3. The van der Waals surface area contributed by atoms with Crippen LogP contribution < -0.4 is 5.32 Å². The molecule has 1 aromatic heterocycles. The molecule has 0 saturated heterocycles. The molecule has 0 aliphatic rings. The van der Waals surface area contributed by atoms with Crippen molar-refractivity contribution in [2.24, 2.45) is 7.05 Å². The van der Waals surface area contributed by atoms with E-state index in [9.17, 15) is 14.0 Å². The van der Waals surface area contributed by atoms with Crippen LogP contribution in [0.15, 0.2) is 36.8 Å². The normalized spacial score (nSPS) is 10.8. The second-order valence-corrected chi connectivity index (χ2v) is 4.25. The Morgan fingerprint density at radius 3 is 2.76 bits per heavy atom. The molecule has 0 aliphatic heterocycles. The highest BCUT2D eigenvalue weighted by molar-refractivity contribution is 6.03. The van der Waals surface area contributed by atoms with Crippen molar-refractivity contribution in [2.45, 2.75) is 0 Å². The number of imidazole rings is 1. The lowest BCUT2D eigenvalue weighted by molar-refractivity contribution is -0.131. The van der Waals surface area contributed by atoms with Gasteiger partial charge in [0.25, 0.3) is 5.91 Å². The number of anilines is 1. The van der Waals surface area contributed by atoms with Gasteiger partial charge in [-0.3, -0.25) is 4.79 Å². The van der Waals surface area contributed by atoms with Crippen LogP contribution in [0, 0.1) is 5.82 Å². The molecule has 0 saturated carbocycles. The van der Waals surface area contributed by atoms with Gasteiger partial charge in [-0.05, 0) is 23.8 Å². The lowest BCUT2D eigenvalue weighted by atomic mass is 10.2. The van der Waals surface area contributed by atoms with E-state index in [4.69, 9.17) is 5.11 Å². The minimum Gasteiger partial charge on any atom is -0.478 e. The monoisotopic (exact) mass is 289 g/mol. The van der Waals surface area contributed by atoms with Crippen LogP contribution in [-0.4, -0.2) is 26.5 Å². The largest absolute Gasteiger partial charge is 0.478 e. The number of nitrogens with one attached hydrogen (secondary N) is 1. The van der Waals surface area contributed by atoms with Gasteiger partial charge in [-0.15, -0.1) is 0 Å². The number of carbonyl (C=O) groups excluding carboxylic acids is 1. The zero-order valence-corrected chi connectivity index (χ0v) is 11.1. The number of nitrogens with zero attached hydrogens (tertiary/aromatic N) is 2. The van der Waals surface area contributed by atoms with Crippen molar-refractivity contribution in [1.29, 1.82) is 0 Å². The predicted octanol–water partition coefficient (Wildman–Crippen LogP) is 1.91. The fourth-order valence-electron chi connectivity index (χ4n) is 1.67. The third-order valence-corrected chi connectivity index (χ3v) is 2.71. The van der Waals surface area contributed by atoms with Crippen molar-refractivity contribution in [3.63, 3.8) is 0 Å². The second kappa shape index (κ2) is 6.00. The van der Waals surface area contributed by atoms with Gasteiger partial charge in [0.05, 0.1) is 18.2 Å². The van der Waals surface area contributed by atoms with Crippen LogP contribution in [0.2, 0.25) is 0 Å². The minimum absolute atomic E-state index is 0.00803. The van der Waals surface area contributed by atoms with Gasteiger partial charge in [0.15, 0.2) is 0 Å². The maximum atomic E-state index is 13.9. The van der Waals surface area contributed by atoms with E-state index < -0.39 is 17.7 Å². The first-order valence-electron chi connectivity index (χ1n) is 5.95. The van der Waals surface area contributed by atoms with Crippen molar-refractivity contribution in [3.8, 4) is 0 Å². The standard InChI is InChI=1S/C14H12FN3O3/c1-18-8-16-7-12(18)14(21)17-11-4-2-9(6-10(11)15)3-5-13(19)20/h2-8H,1H3,(H,17,21)(H,19,20)/b5-3+. The van der Waals surface area contributed by atoms with Gasteiger partial charge in [0.1, 0.15) is 11.5 Å². The van der Waals surface area contributed by atoms with E-state index in [2.05, 4.69) is 10.3 Å². The van der Waals surface area contributed by atoms with Crippen molar-refractivity contribution in [3.05, 3.63) is 53.9 Å². The average molecular weight is 289 g/mol. The number of aryl methyl sites for hydroxylation is 1. The Kier molecular flexibility index (Phi) is 4.13. The van der Waals surface area contributed by atoms with Gasteiger partial charge in [0, 0.05) is 13.1 Å². The van der Waals surface area contributed by atoms with Crippen LogP contribution >= 0.6 is 0 Å². The minimum atomic E-state index is -1.12. The summed E-state index contributed by atoms with van der Waals surface area (Å²) in [4.78, 5) is 26.1. The molecule has 0 radical (unpaired) electrons. The number of hydrogen-bond acceptors (Lipinski definition) is 3. The summed E-state index contributed by atoms with van der Waals surface area (Å²) in [6.45, 7) is 0. The molecule has 21 heavy (non-hydrogen) atoms. The molecular weight excluding hydrogens is 277 g/mol. The molecule has 0 spiro atoms. The molecule has 108 valence electrons. The summed E-state index contributed by atoms with van der Waals surface area (Å²) >= 11 is 0. The summed E-state index contributed by atoms with van der Waals surface area (Å²) in [5, 5.41) is 10.9. The number of halogens is 1. The molecule has 2 N–H and O–H groups in total. The Morgan fingerprint density at radius 1 is 1.43 bits per heavy atom. The van der Waals surface area contributed by atoms with Crippen molar-refractivity contribution in [1.82, 2.24) is 9.55 Å². The lowest BCUT2D eigenvalue weighted by Gasteiger charge is -2.07. The average Bonchev–Trinajstić information content (AvgIpc) is 2.85. The zero-order chi connectivity index (χ0) is 15.4. The molecule has 1 heterocycles. The molecule has 0 bridgehead atoms. The number of aliphatic carboxylic acids is 1. The van der Waals surface area contributed by atoms with Gasteiger partial charge >= 0.3 is 5.97 Å². The molecule has 0 fully saturated rings. The van der Waals surface area contributed by atoms with Crippen LogP contribution in [0.25, 0.3) is 6.08 Å². The first-order chi connectivity index (χ1) is 9.97. The molecule has 1 amide bonds. The molecule has 1 aromatic carbocycles. The second-order valence-electron chi connectivity index (χ2n) is 4.25. The van der Waals surface area contributed by atoms with E-state index in [0.29, 0.717) is 11.3 Å². The Hall–Kier alpha value is -2.96. The van der Waals surface area contributed by atoms with Crippen LogP contribution in [0.5, 0.6) is 0 Å². The molecule has 0 unspecified atom stereocenters. The van der Waals surface area contributed by atoms with E-state index in [1.807, 2.05) is 0 Å². The molecule has 7 heteroatoms. The molecule has 0 aliphatic carbocycles. The summed E-state index contributed by atoms with van der Waals surface area (Å²) < 4.78 is 15.4. The van der Waals surface area contributed by atoms with Crippen LogP contribution in [0.3, 0.4) is 0 Å². The zero-order valence-electron chi connectivity index (χ0n) is 11.1. The predicted molar refractivity (Wildman–Crippen MR) is 74.2 cm³/mol. The van der Waals surface area contributed by atoms with E-state index in [1.165, 1.54) is 35.3 Å². The quantitative estimate of drug-likeness (QED) is 0.842. The molecule has 2 rings (SSSR count). The third-order valence-electron chi connectivity index (χ3n) is 2.71. The van der Waals surface area contributed by atoms with Crippen LogP contribution in [0.1, 0.15) is 16.1 Å². The van der Waals surface area contributed by atoms with Gasteiger partial charge in [0.2, 0.25) is 0 Å². The first-order valence-corrected chi connectivity index (χ1v) is 5.95. The van der Waals surface area contributed by atoms with Gasteiger partial charge in [-0.25, -0.2) is 14.2 Å². The summed E-state index contributed by atoms with van der Waals surface area (Å²) in [6, 6.07) is 4.00. The van der Waals surface area contributed by atoms with E-state index in [1.54, 1.807) is 7.05 Å². The number of rotatable bonds is 4. The Morgan fingerprint density at radius 2 is 2.19 bits per heavy atom. The van der Waals surface area contributed by atoms with Gasteiger partial charge in [-0.2, -0.15) is 0 Å². The van der Waals surface area contributed by atoms with Gasteiger partial charge in [-0.1, -0.05) is 6.07 Å². The third kappa shape index (κ3) is 3.53. The highest BCUT2D eigenvalue weighted by Crippen LogP contribution is 2.17. The maximum absolute atomic E-state index is 13.9.